The molecule has 0 fully saturated rings. The van der Waals surface area contributed by atoms with E-state index in [-0.39, 0.29) is 13.4 Å². The molecule has 4 aromatic heterocycles. The largest absolute Gasteiger partial charge is 0.458 e. The van der Waals surface area contributed by atoms with Gasteiger partial charge in [-0.3, -0.25) is 0 Å². The third-order valence-electron chi connectivity index (χ3n) is 16.7. The van der Waals surface area contributed by atoms with Gasteiger partial charge in [-0.15, -0.1) is 22.7 Å². The molecule has 11 aromatic carbocycles. The summed E-state index contributed by atoms with van der Waals surface area (Å²) in [5.41, 5.74) is 13.0. The van der Waals surface area contributed by atoms with Gasteiger partial charge in [0.05, 0.1) is 33.4 Å². The Bertz CT molecular complexity index is 4860. The van der Waals surface area contributed by atoms with Gasteiger partial charge in [0.15, 0.2) is 0 Å². The van der Waals surface area contributed by atoms with Crippen LogP contribution in [-0.4, -0.2) is 22.6 Å². The van der Waals surface area contributed by atoms with Crippen molar-refractivity contribution in [1.82, 2.24) is 9.13 Å². The number of thiophene rings is 2. The third kappa shape index (κ3) is 5.13. The maximum Gasteiger partial charge on any atom is 0.260 e. The van der Waals surface area contributed by atoms with E-state index < -0.39 is 0 Å². The topological polar surface area (TPSA) is 46.8 Å². The van der Waals surface area contributed by atoms with Crippen molar-refractivity contribution >= 4 is 153 Å². The molecule has 19 rings (SSSR count). The maximum absolute atomic E-state index is 7.32. The monoisotopic (exact) mass is 1000 g/mol. The minimum absolute atomic E-state index is 0.164. The van der Waals surface area contributed by atoms with Gasteiger partial charge in [0, 0.05) is 103 Å². The first-order chi connectivity index (χ1) is 37.7. The van der Waals surface area contributed by atoms with Crippen molar-refractivity contribution in [2.75, 3.05) is 0 Å². The van der Waals surface area contributed by atoms with Crippen LogP contribution in [0, 0.1) is 0 Å². The van der Waals surface area contributed by atoms with Gasteiger partial charge in [0.1, 0.15) is 46.0 Å². The first-order valence-electron chi connectivity index (χ1n) is 25.8. The molecule has 350 valence electrons. The van der Waals surface area contributed by atoms with E-state index >= 15 is 0 Å². The van der Waals surface area contributed by atoms with Crippen LogP contribution >= 0.6 is 22.7 Å². The molecule has 0 saturated heterocycles. The summed E-state index contributed by atoms with van der Waals surface area (Å²) >= 11 is 3.69. The van der Waals surface area contributed by atoms with Crippen molar-refractivity contribution < 1.29 is 18.9 Å². The summed E-state index contributed by atoms with van der Waals surface area (Å²) in [6.45, 7) is -0.329. The zero-order chi connectivity index (χ0) is 49.1. The van der Waals surface area contributed by atoms with Gasteiger partial charge in [-0.2, -0.15) is 0 Å². The molecule has 76 heavy (non-hydrogen) atoms. The lowest BCUT2D eigenvalue weighted by molar-refractivity contribution is 0.451. The number of para-hydroxylation sites is 4. The Balaban J connectivity index is 0.834. The first-order valence-corrected chi connectivity index (χ1v) is 27.4. The lowest BCUT2D eigenvalue weighted by Gasteiger charge is -2.37. The van der Waals surface area contributed by atoms with Crippen molar-refractivity contribution in [3.8, 4) is 57.4 Å². The summed E-state index contributed by atoms with van der Waals surface area (Å²) in [5.74, 6) is 6.32. The van der Waals surface area contributed by atoms with Crippen molar-refractivity contribution in [2.24, 2.45) is 0 Å². The highest BCUT2D eigenvalue weighted by atomic mass is 32.1. The smallest absolute Gasteiger partial charge is 0.260 e. The summed E-state index contributed by atoms with van der Waals surface area (Å²) < 4.78 is 38.6. The van der Waals surface area contributed by atoms with Gasteiger partial charge in [0.25, 0.3) is 13.4 Å². The molecule has 0 spiro atoms. The fourth-order valence-corrected chi connectivity index (χ4v) is 15.9. The van der Waals surface area contributed by atoms with E-state index in [0.29, 0.717) is 0 Å². The standard InChI is InChI=1S/C66H34B2N2O4S2/c1-7-19-47-37(13-1)39-25-27-59-61(41-15-3-11-23-57(41)75-59)65(39)69(47)35-29-53-63-55(31-35)73-51-34-52-46(33-45(51)67(63)43-17-5-9-21-49(43)71-53)68-44-18-6-10-22-50(44)72-54-30-36(32-56(74-52)64(54)68)70-48-20-8-2-14-38(48)40-26-28-60-62(66(40)70)42-16-4-12-24-58(42)76-60/h1-34H. The van der Waals surface area contributed by atoms with Crippen LogP contribution in [0.4, 0.5) is 0 Å². The zero-order valence-electron chi connectivity index (χ0n) is 40.1. The quantitative estimate of drug-likeness (QED) is 0.162. The summed E-state index contributed by atoms with van der Waals surface area (Å²) in [5, 5.41) is 9.86. The Labute approximate surface area is 441 Å². The van der Waals surface area contributed by atoms with Gasteiger partial charge in [0.2, 0.25) is 0 Å². The van der Waals surface area contributed by atoms with Crippen molar-refractivity contribution in [1.29, 1.82) is 0 Å². The third-order valence-corrected chi connectivity index (χ3v) is 19.0. The van der Waals surface area contributed by atoms with E-state index in [2.05, 4.69) is 215 Å². The molecule has 6 nitrogen and oxygen atoms in total. The molecule has 15 aromatic rings. The summed E-state index contributed by atoms with van der Waals surface area (Å²) in [6, 6.07) is 74.6. The predicted octanol–water partition coefficient (Wildman–Crippen LogP) is 14.1. The molecule has 0 radical (unpaired) electrons. The van der Waals surface area contributed by atoms with Gasteiger partial charge >= 0.3 is 0 Å². The van der Waals surface area contributed by atoms with E-state index in [4.69, 9.17) is 18.9 Å². The Kier molecular flexibility index (Phi) is 7.59. The number of ether oxygens (including phenoxy) is 4. The molecule has 0 atom stereocenters. The van der Waals surface area contributed by atoms with Crippen LogP contribution in [0.2, 0.25) is 0 Å². The number of hydrogen-bond acceptors (Lipinski definition) is 6. The van der Waals surface area contributed by atoms with Crippen molar-refractivity contribution in [3.63, 3.8) is 0 Å². The van der Waals surface area contributed by atoms with E-state index in [1.54, 1.807) is 0 Å². The van der Waals surface area contributed by atoms with Crippen LogP contribution in [0.5, 0.6) is 46.0 Å². The minimum atomic E-state index is -0.164. The summed E-state index contributed by atoms with van der Waals surface area (Å²) in [7, 11) is 0. The number of benzene rings is 11. The number of fused-ring (bicyclic) bond motifs is 22. The Morgan fingerprint density at radius 2 is 0.684 bits per heavy atom. The van der Waals surface area contributed by atoms with Crippen LogP contribution in [0.25, 0.3) is 95.3 Å². The van der Waals surface area contributed by atoms with Gasteiger partial charge in [-0.1, -0.05) is 127 Å². The molecular weight excluding hydrogens is 970 g/mol. The summed E-state index contributed by atoms with van der Waals surface area (Å²) in [4.78, 5) is 0. The van der Waals surface area contributed by atoms with Gasteiger partial charge in [-0.25, -0.2) is 0 Å². The van der Waals surface area contributed by atoms with E-state index in [1.807, 2.05) is 22.7 Å². The van der Waals surface area contributed by atoms with E-state index in [9.17, 15) is 0 Å². The Morgan fingerprint density at radius 1 is 0.289 bits per heavy atom. The second-order valence-electron chi connectivity index (χ2n) is 20.6. The zero-order valence-corrected chi connectivity index (χ0v) is 41.8. The summed E-state index contributed by atoms with van der Waals surface area (Å²) in [6.07, 6.45) is 0. The molecule has 0 amide bonds. The average molecular weight is 1000 g/mol. The lowest BCUT2D eigenvalue weighted by Crippen LogP contribution is -2.61. The number of aromatic nitrogens is 2. The van der Waals surface area contributed by atoms with E-state index in [1.165, 1.54) is 72.9 Å². The van der Waals surface area contributed by atoms with Crippen LogP contribution < -0.4 is 51.7 Å². The predicted molar refractivity (Wildman–Crippen MR) is 316 cm³/mol. The van der Waals surface area contributed by atoms with Crippen LogP contribution in [0.3, 0.4) is 0 Å². The highest BCUT2D eigenvalue weighted by molar-refractivity contribution is 7.26. The highest BCUT2D eigenvalue weighted by Crippen LogP contribution is 2.48. The number of hydrogen-bond donors (Lipinski definition) is 0. The Hall–Kier alpha value is -9.21. The van der Waals surface area contributed by atoms with Crippen molar-refractivity contribution in [3.05, 3.63) is 206 Å². The number of nitrogens with zero attached hydrogens (tertiary/aromatic N) is 2. The molecule has 8 heterocycles. The molecule has 0 saturated carbocycles. The molecule has 0 unspecified atom stereocenters. The molecule has 0 bridgehead atoms. The van der Waals surface area contributed by atoms with Crippen LogP contribution in [-0.2, 0) is 0 Å². The Morgan fingerprint density at radius 3 is 1.16 bits per heavy atom. The van der Waals surface area contributed by atoms with Crippen molar-refractivity contribution in [2.45, 2.75) is 0 Å². The van der Waals surface area contributed by atoms with Crippen LogP contribution in [0.1, 0.15) is 0 Å². The molecule has 0 N–H and O–H groups in total. The SMILES string of the molecule is c1ccc2c(c1)Oc1cc(-n3c4ccccc4c4ccc5sc6ccccc6c5c43)cc3c1B2c1cc2c(cc1O3)Oc1cc(-n3c4ccccc4c4ccc5sc6ccccc6c5c43)cc3c1B2c1ccccc1O3. The van der Waals surface area contributed by atoms with Crippen LogP contribution in [0.15, 0.2) is 206 Å². The van der Waals surface area contributed by atoms with Gasteiger partial charge in [-0.05, 0) is 70.4 Å². The maximum atomic E-state index is 7.32. The molecule has 10 heteroatoms. The first kappa shape index (κ1) is 40.2. The minimum Gasteiger partial charge on any atom is -0.458 e. The number of rotatable bonds is 2. The second-order valence-corrected chi connectivity index (χ2v) is 22.7. The second kappa shape index (κ2) is 14.3. The average Bonchev–Trinajstić information content (AvgIpc) is 4.28. The highest BCUT2D eigenvalue weighted by Gasteiger charge is 2.46. The molecule has 0 aliphatic carbocycles. The van der Waals surface area contributed by atoms with Gasteiger partial charge < -0.3 is 28.1 Å². The van der Waals surface area contributed by atoms with E-state index in [0.717, 1.165) is 101 Å². The normalized spacial score (nSPS) is 13.6. The molecule has 4 aliphatic rings. The lowest BCUT2D eigenvalue weighted by atomic mass is 9.31. The fraction of sp³-hybridized carbons (Fsp3) is 0. The fourth-order valence-electron chi connectivity index (χ4n) is 13.7. The molecule has 4 aliphatic heterocycles. The molecular formula is C66H34B2N2O4S2.